The highest BCUT2D eigenvalue weighted by Gasteiger charge is 2.16. The molecule has 0 saturated carbocycles. The molecule has 1 atom stereocenters. The Balaban J connectivity index is 2.11. The number of benzene rings is 2. The van der Waals surface area contributed by atoms with Crippen LogP contribution < -0.4 is 5.32 Å². The molecular formula is C17H14BrClN2. The Kier molecular flexibility index (Phi) is 4.24. The zero-order valence-corrected chi connectivity index (χ0v) is 13.8. The molecule has 0 radical (unpaired) electrons. The number of aromatic nitrogens is 1. The fourth-order valence-corrected chi connectivity index (χ4v) is 3.14. The highest BCUT2D eigenvalue weighted by atomic mass is 79.9. The van der Waals surface area contributed by atoms with Crippen molar-refractivity contribution in [2.75, 3.05) is 7.05 Å². The number of nitrogens with zero attached hydrogens (tertiary/aromatic N) is 1. The number of para-hydroxylation sites is 1. The zero-order valence-electron chi connectivity index (χ0n) is 11.5. The molecule has 106 valence electrons. The van der Waals surface area contributed by atoms with Crippen molar-refractivity contribution in [3.05, 3.63) is 75.4 Å². The summed E-state index contributed by atoms with van der Waals surface area (Å²) in [6, 6.07) is 16.1. The second-order valence-electron chi connectivity index (χ2n) is 4.85. The average Bonchev–Trinajstić information content (AvgIpc) is 2.51. The highest BCUT2D eigenvalue weighted by Crippen LogP contribution is 2.31. The standard InChI is InChI=1S/C17H14BrClN2/c1-20-17(14-9-13(19)6-7-15(14)18)12-8-11-4-2-3-5-16(11)21-10-12/h2-10,17,20H,1H3. The molecule has 0 spiro atoms. The van der Waals surface area contributed by atoms with Crippen LogP contribution in [-0.2, 0) is 0 Å². The van der Waals surface area contributed by atoms with Crippen LogP contribution >= 0.6 is 27.5 Å². The van der Waals surface area contributed by atoms with Gasteiger partial charge in [0.25, 0.3) is 0 Å². The summed E-state index contributed by atoms with van der Waals surface area (Å²) in [5, 5.41) is 5.20. The molecule has 1 N–H and O–H groups in total. The molecule has 0 fully saturated rings. The van der Waals surface area contributed by atoms with Crippen molar-refractivity contribution >= 4 is 38.4 Å². The normalized spacial score (nSPS) is 12.5. The molecule has 0 saturated heterocycles. The highest BCUT2D eigenvalue weighted by molar-refractivity contribution is 9.10. The quantitative estimate of drug-likeness (QED) is 0.713. The van der Waals surface area contributed by atoms with Crippen molar-refractivity contribution < 1.29 is 0 Å². The van der Waals surface area contributed by atoms with Crippen molar-refractivity contribution in [2.24, 2.45) is 0 Å². The fourth-order valence-electron chi connectivity index (χ4n) is 2.48. The molecule has 21 heavy (non-hydrogen) atoms. The van der Waals surface area contributed by atoms with Gasteiger partial charge in [-0.15, -0.1) is 0 Å². The summed E-state index contributed by atoms with van der Waals surface area (Å²) in [6.45, 7) is 0. The maximum absolute atomic E-state index is 6.14. The molecule has 0 amide bonds. The first-order valence-electron chi connectivity index (χ1n) is 6.66. The van der Waals surface area contributed by atoms with E-state index >= 15 is 0 Å². The van der Waals surface area contributed by atoms with Gasteiger partial charge in [0.1, 0.15) is 0 Å². The topological polar surface area (TPSA) is 24.9 Å². The number of hydrogen-bond acceptors (Lipinski definition) is 2. The van der Waals surface area contributed by atoms with Gasteiger partial charge in [-0.25, -0.2) is 0 Å². The van der Waals surface area contributed by atoms with Gasteiger partial charge in [0, 0.05) is 21.1 Å². The van der Waals surface area contributed by atoms with Crippen LogP contribution in [0.25, 0.3) is 10.9 Å². The van der Waals surface area contributed by atoms with Gasteiger partial charge in [0.05, 0.1) is 11.6 Å². The van der Waals surface area contributed by atoms with Gasteiger partial charge in [0.15, 0.2) is 0 Å². The number of pyridine rings is 1. The predicted octanol–water partition coefficient (Wildman–Crippen LogP) is 4.96. The SMILES string of the molecule is CNC(c1cnc2ccccc2c1)c1cc(Cl)ccc1Br. The maximum Gasteiger partial charge on any atom is 0.0702 e. The summed E-state index contributed by atoms with van der Waals surface area (Å²) in [5.74, 6) is 0. The first kappa shape index (κ1) is 14.5. The van der Waals surface area contributed by atoms with Gasteiger partial charge in [-0.1, -0.05) is 45.7 Å². The molecule has 2 aromatic carbocycles. The third-order valence-electron chi connectivity index (χ3n) is 3.50. The minimum absolute atomic E-state index is 0.0372. The van der Waals surface area contributed by atoms with Crippen molar-refractivity contribution in [2.45, 2.75) is 6.04 Å². The van der Waals surface area contributed by atoms with Crippen LogP contribution in [-0.4, -0.2) is 12.0 Å². The molecular weight excluding hydrogens is 348 g/mol. The van der Waals surface area contributed by atoms with Crippen LogP contribution in [0.4, 0.5) is 0 Å². The summed E-state index contributed by atoms with van der Waals surface area (Å²) in [7, 11) is 1.94. The molecule has 4 heteroatoms. The largest absolute Gasteiger partial charge is 0.309 e. The molecule has 0 aliphatic rings. The van der Waals surface area contributed by atoms with Crippen LogP contribution in [0.5, 0.6) is 0 Å². The minimum Gasteiger partial charge on any atom is -0.309 e. The Labute approximate surface area is 137 Å². The summed E-state index contributed by atoms with van der Waals surface area (Å²) in [6.07, 6.45) is 1.91. The molecule has 2 nitrogen and oxygen atoms in total. The Morgan fingerprint density at radius 2 is 1.95 bits per heavy atom. The van der Waals surface area contributed by atoms with Gasteiger partial charge in [-0.3, -0.25) is 4.98 Å². The summed E-state index contributed by atoms with van der Waals surface area (Å²) >= 11 is 9.74. The lowest BCUT2D eigenvalue weighted by molar-refractivity contribution is 0.687. The van der Waals surface area contributed by atoms with E-state index < -0.39 is 0 Å². The lowest BCUT2D eigenvalue weighted by Gasteiger charge is -2.19. The maximum atomic E-state index is 6.14. The first-order valence-corrected chi connectivity index (χ1v) is 7.83. The number of hydrogen-bond donors (Lipinski definition) is 1. The van der Waals surface area contributed by atoms with Crippen LogP contribution in [0, 0.1) is 0 Å². The Morgan fingerprint density at radius 3 is 2.76 bits per heavy atom. The van der Waals surface area contributed by atoms with Gasteiger partial charge in [-0.05, 0) is 48.5 Å². The van der Waals surface area contributed by atoms with Gasteiger partial charge in [0.2, 0.25) is 0 Å². The van der Waals surface area contributed by atoms with Crippen LogP contribution in [0.15, 0.2) is 59.2 Å². The first-order chi connectivity index (χ1) is 10.2. The van der Waals surface area contributed by atoms with Crippen LogP contribution in [0.3, 0.4) is 0 Å². The monoisotopic (exact) mass is 360 g/mol. The molecule has 1 unspecified atom stereocenters. The van der Waals surface area contributed by atoms with E-state index in [1.54, 1.807) is 0 Å². The third-order valence-corrected chi connectivity index (χ3v) is 4.46. The third kappa shape index (κ3) is 2.95. The number of rotatable bonds is 3. The molecule has 3 rings (SSSR count). The van der Waals surface area contributed by atoms with E-state index in [-0.39, 0.29) is 6.04 Å². The van der Waals surface area contributed by atoms with Crippen molar-refractivity contribution in [1.29, 1.82) is 0 Å². The Morgan fingerprint density at radius 1 is 1.14 bits per heavy atom. The van der Waals surface area contributed by atoms with E-state index in [1.807, 2.05) is 49.6 Å². The average molecular weight is 362 g/mol. The predicted molar refractivity (Wildman–Crippen MR) is 91.8 cm³/mol. The summed E-state index contributed by atoms with van der Waals surface area (Å²) in [4.78, 5) is 4.54. The number of fused-ring (bicyclic) bond motifs is 1. The van der Waals surface area contributed by atoms with E-state index in [4.69, 9.17) is 11.6 Å². The van der Waals surface area contributed by atoms with Gasteiger partial charge in [-0.2, -0.15) is 0 Å². The summed E-state index contributed by atoms with van der Waals surface area (Å²) < 4.78 is 1.03. The van der Waals surface area contributed by atoms with Crippen molar-refractivity contribution in [3.8, 4) is 0 Å². The smallest absolute Gasteiger partial charge is 0.0702 e. The molecule has 1 heterocycles. The van der Waals surface area contributed by atoms with E-state index in [0.717, 1.165) is 31.5 Å². The second-order valence-corrected chi connectivity index (χ2v) is 6.14. The molecule has 0 aliphatic heterocycles. The van der Waals surface area contributed by atoms with Crippen LogP contribution in [0.1, 0.15) is 17.2 Å². The van der Waals surface area contributed by atoms with Crippen LogP contribution in [0.2, 0.25) is 5.02 Å². The van der Waals surface area contributed by atoms with E-state index in [1.165, 1.54) is 0 Å². The van der Waals surface area contributed by atoms with Crippen molar-refractivity contribution in [1.82, 2.24) is 10.3 Å². The van der Waals surface area contributed by atoms with E-state index in [0.29, 0.717) is 0 Å². The lowest BCUT2D eigenvalue weighted by Crippen LogP contribution is -2.18. The zero-order chi connectivity index (χ0) is 14.8. The fraction of sp³-hybridized carbons (Fsp3) is 0.118. The molecule has 0 bridgehead atoms. The lowest BCUT2D eigenvalue weighted by atomic mass is 9.99. The molecule has 1 aromatic heterocycles. The Bertz CT molecular complexity index is 789. The number of nitrogens with one attached hydrogen (secondary N) is 1. The van der Waals surface area contributed by atoms with E-state index in [9.17, 15) is 0 Å². The summed E-state index contributed by atoms with van der Waals surface area (Å²) in [5.41, 5.74) is 3.21. The second kappa shape index (κ2) is 6.14. The van der Waals surface area contributed by atoms with Gasteiger partial charge < -0.3 is 5.32 Å². The van der Waals surface area contributed by atoms with Gasteiger partial charge >= 0.3 is 0 Å². The Hall–Kier alpha value is -1.42. The molecule has 3 aromatic rings. The van der Waals surface area contributed by atoms with Crippen molar-refractivity contribution in [3.63, 3.8) is 0 Å². The van der Waals surface area contributed by atoms with E-state index in [2.05, 4.69) is 38.4 Å². The molecule has 0 aliphatic carbocycles. The minimum atomic E-state index is 0.0372. The number of halogens is 2.